The van der Waals surface area contributed by atoms with Crippen LogP contribution in [0.4, 0.5) is 0 Å². The summed E-state index contributed by atoms with van der Waals surface area (Å²) in [7, 11) is 0. The molecule has 20 heavy (non-hydrogen) atoms. The van der Waals surface area contributed by atoms with E-state index in [0.717, 1.165) is 5.56 Å². The third-order valence-electron chi connectivity index (χ3n) is 2.71. The molecule has 0 saturated heterocycles. The van der Waals surface area contributed by atoms with Crippen molar-refractivity contribution >= 4 is 12.0 Å². The highest BCUT2D eigenvalue weighted by Gasteiger charge is 2.26. The summed E-state index contributed by atoms with van der Waals surface area (Å²) in [4.78, 5) is 12.3. The molecule has 0 aliphatic carbocycles. The number of hydrogen-bond donors (Lipinski definition) is 1. The molecule has 1 rings (SSSR count). The van der Waals surface area contributed by atoms with Gasteiger partial charge in [-0.05, 0) is 38.3 Å². The van der Waals surface area contributed by atoms with E-state index in [1.165, 1.54) is 0 Å². The van der Waals surface area contributed by atoms with E-state index in [4.69, 9.17) is 4.74 Å². The Labute approximate surface area is 121 Å². The molecule has 3 heteroatoms. The first kappa shape index (κ1) is 16.4. The summed E-state index contributed by atoms with van der Waals surface area (Å²) in [5.74, 6) is -0.528. The Bertz CT molecular complexity index is 467. The zero-order chi connectivity index (χ0) is 15.3. The van der Waals surface area contributed by atoms with Crippen molar-refractivity contribution in [3.8, 4) is 0 Å². The topological polar surface area (TPSA) is 46.5 Å². The number of benzene rings is 1. The Balaban J connectivity index is 3.09. The fourth-order valence-corrected chi connectivity index (χ4v) is 1.69. The largest absolute Gasteiger partial charge is 0.457 e. The Morgan fingerprint density at radius 2 is 1.75 bits per heavy atom. The molecule has 1 aromatic carbocycles. The van der Waals surface area contributed by atoms with E-state index in [0.29, 0.717) is 5.57 Å². The van der Waals surface area contributed by atoms with Crippen LogP contribution in [0.3, 0.4) is 0 Å². The van der Waals surface area contributed by atoms with Crippen LogP contribution in [0.1, 0.15) is 40.2 Å². The third kappa shape index (κ3) is 5.17. The second kappa shape index (κ2) is 6.71. The Morgan fingerprint density at radius 3 is 2.20 bits per heavy atom. The molecule has 0 heterocycles. The highest BCUT2D eigenvalue weighted by Crippen LogP contribution is 2.20. The van der Waals surface area contributed by atoms with E-state index >= 15 is 0 Å². The molecule has 0 aromatic heterocycles. The first-order chi connectivity index (χ1) is 9.20. The Morgan fingerprint density at radius 1 is 1.20 bits per heavy atom. The van der Waals surface area contributed by atoms with Gasteiger partial charge in [0, 0.05) is 0 Å². The van der Waals surface area contributed by atoms with Gasteiger partial charge < -0.3 is 9.84 Å². The lowest BCUT2D eigenvalue weighted by atomic mass is 9.97. The second-order valence-electron chi connectivity index (χ2n) is 6.20. The molecule has 1 N–H and O–H groups in total. The van der Waals surface area contributed by atoms with Gasteiger partial charge in [0.1, 0.15) is 5.60 Å². The number of ether oxygens (including phenoxy) is 1. The highest BCUT2D eigenvalue weighted by atomic mass is 16.6. The van der Waals surface area contributed by atoms with Crippen LogP contribution in [0, 0.1) is 5.92 Å². The van der Waals surface area contributed by atoms with Gasteiger partial charge in [-0.3, -0.25) is 0 Å². The van der Waals surface area contributed by atoms with Gasteiger partial charge in [0.15, 0.2) is 0 Å². The van der Waals surface area contributed by atoms with Gasteiger partial charge in [-0.2, -0.15) is 0 Å². The monoisotopic (exact) mass is 276 g/mol. The molecule has 0 fully saturated rings. The van der Waals surface area contributed by atoms with Crippen molar-refractivity contribution in [3.05, 3.63) is 41.5 Å². The molecule has 0 saturated carbocycles. The SMILES string of the molecule is CC(C)[C@@H](O)/C(=C\c1ccccc1)C(=O)OC(C)(C)C. The summed E-state index contributed by atoms with van der Waals surface area (Å²) in [6.07, 6.45) is 0.851. The minimum atomic E-state index is -0.843. The van der Waals surface area contributed by atoms with Gasteiger partial charge in [0.05, 0.1) is 11.7 Å². The number of esters is 1. The first-order valence-electron chi connectivity index (χ1n) is 6.89. The van der Waals surface area contributed by atoms with Crippen LogP contribution in [-0.2, 0) is 9.53 Å². The zero-order valence-corrected chi connectivity index (χ0v) is 12.9. The fourth-order valence-electron chi connectivity index (χ4n) is 1.69. The lowest BCUT2D eigenvalue weighted by Gasteiger charge is -2.24. The van der Waals surface area contributed by atoms with E-state index in [1.807, 2.05) is 65.0 Å². The van der Waals surface area contributed by atoms with Gasteiger partial charge in [0.25, 0.3) is 0 Å². The molecule has 0 aliphatic rings. The third-order valence-corrected chi connectivity index (χ3v) is 2.71. The van der Waals surface area contributed by atoms with Crippen LogP contribution < -0.4 is 0 Å². The van der Waals surface area contributed by atoms with Crippen molar-refractivity contribution in [2.45, 2.75) is 46.3 Å². The van der Waals surface area contributed by atoms with Crippen molar-refractivity contribution in [3.63, 3.8) is 0 Å². The predicted molar refractivity (Wildman–Crippen MR) is 81.1 cm³/mol. The van der Waals surface area contributed by atoms with E-state index in [-0.39, 0.29) is 5.92 Å². The van der Waals surface area contributed by atoms with Crippen molar-refractivity contribution in [1.29, 1.82) is 0 Å². The van der Waals surface area contributed by atoms with Crippen molar-refractivity contribution in [1.82, 2.24) is 0 Å². The normalized spacial score (nSPS) is 14.2. The van der Waals surface area contributed by atoms with Crippen LogP contribution >= 0.6 is 0 Å². The van der Waals surface area contributed by atoms with Gasteiger partial charge >= 0.3 is 5.97 Å². The lowest BCUT2D eigenvalue weighted by Crippen LogP contribution is -2.30. The van der Waals surface area contributed by atoms with E-state index in [1.54, 1.807) is 6.08 Å². The number of carbonyl (C=O) groups is 1. The molecule has 0 spiro atoms. The van der Waals surface area contributed by atoms with Gasteiger partial charge in [-0.15, -0.1) is 0 Å². The maximum absolute atomic E-state index is 12.3. The van der Waals surface area contributed by atoms with Gasteiger partial charge in [-0.25, -0.2) is 4.79 Å². The smallest absolute Gasteiger partial charge is 0.337 e. The molecule has 110 valence electrons. The van der Waals surface area contributed by atoms with Gasteiger partial charge in [-0.1, -0.05) is 44.2 Å². The zero-order valence-electron chi connectivity index (χ0n) is 12.9. The highest BCUT2D eigenvalue weighted by molar-refractivity contribution is 5.95. The molecule has 0 amide bonds. The summed E-state index contributed by atoms with van der Waals surface area (Å²) >= 11 is 0. The van der Waals surface area contributed by atoms with Gasteiger partial charge in [0.2, 0.25) is 0 Å². The minimum absolute atomic E-state index is 0.0579. The quantitative estimate of drug-likeness (QED) is 0.677. The Hall–Kier alpha value is -1.61. The molecule has 0 radical (unpaired) electrons. The molecule has 1 aromatic rings. The second-order valence-corrected chi connectivity index (χ2v) is 6.20. The van der Waals surface area contributed by atoms with Crippen LogP contribution in [0.2, 0.25) is 0 Å². The van der Waals surface area contributed by atoms with Crippen molar-refractivity contribution in [2.75, 3.05) is 0 Å². The van der Waals surface area contributed by atoms with Crippen LogP contribution in [0.5, 0.6) is 0 Å². The predicted octanol–water partition coefficient (Wildman–Crippen LogP) is 3.43. The van der Waals surface area contributed by atoms with E-state index < -0.39 is 17.7 Å². The Kier molecular flexibility index (Phi) is 5.52. The number of carbonyl (C=O) groups excluding carboxylic acids is 1. The molecule has 0 bridgehead atoms. The van der Waals surface area contributed by atoms with Crippen LogP contribution in [0.25, 0.3) is 6.08 Å². The van der Waals surface area contributed by atoms with E-state index in [9.17, 15) is 9.90 Å². The molecule has 3 nitrogen and oxygen atoms in total. The number of aliphatic hydroxyl groups excluding tert-OH is 1. The summed E-state index contributed by atoms with van der Waals surface area (Å²) in [6.45, 7) is 9.17. The lowest BCUT2D eigenvalue weighted by molar-refractivity contribution is -0.151. The molecule has 0 unspecified atom stereocenters. The van der Waals surface area contributed by atoms with E-state index in [2.05, 4.69) is 0 Å². The fraction of sp³-hybridized carbons (Fsp3) is 0.471. The maximum atomic E-state index is 12.3. The molecular weight excluding hydrogens is 252 g/mol. The van der Waals surface area contributed by atoms with Crippen LogP contribution in [0.15, 0.2) is 35.9 Å². The molecule has 0 aliphatic heterocycles. The number of hydrogen-bond acceptors (Lipinski definition) is 3. The summed E-state index contributed by atoms with van der Waals surface area (Å²) in [5, 5.41) is 10.2. The summed E-state index contributed by atoms with van der Waals surface area (Å²) < 4.78 is 5.38. The van der Waals surface area contributed by atoms with Crippen LogP contribution in [-0.4, -0.2) is 22.8 Å². The molecule has 1 atom stereocenters. The minimum Gasteiger partial charge on any atom is -0.457 e. The summed E-state index contributed by atoms with van der Waals surface area (Å²) in [5.41, 5.74) is 0.581. The average Bonchev–Trinajstić information content (AvgIpc) is 2.34. The van der Waals surface area contributed by atoms with Crippen molar-refractivity contribution < 1.29 is 14.6 Å². The standard InChI is InChI=1S/C17H24O3/c1-12(2)15(18)14(16(19)20-17(3,4)5)11-13-9-7-6-8-10-13/h6-12,15,18H,1-5H3/b14-11+/t15-/m1/s1. The summed E-state index contributed by atoms with van der Waals surface area (Å²) in [6, 6.07) is 9.46. The molecular formula is C17H24O3. The number of rotatable bonds is 4. The maximum Gasteiger partial charge on any atom is 0.337 e. The van der Waals surface area contributed by atoms with Crippen molar-refractivity contribution in [2.24, 2.45) is 5.92 Å². The first-order valence-corrected chi connectivity index (χ1v) is 6.89. The number of aliphatic hydroxyl groups is 1. The average molecular weight is 276 g/mol.